The fourth-order valence-electron chi connectivity index (χ4n) is 4.84. The van der Waals surface area contributed by atoms with Gasteiger partial charge < -0.3 is 11.3 Å². The first-order valence-electron chi connectivity index (χ1n) is 13.4. The third kappa shape index (κ3) is 12.0. The number of hydrogen-bond donors (Lipinski definition) is 2. The molecule has 0 saturated carbocycles. The van der Waals surface area contributed by atoms with E-state index in [1.165, 1.54) is 107 Å². The van der Waals surface area contributed by atoms with Crippen molar-refractivity contribution in [1.82, 2.24) is 6.15 Å². The van der Waals surface area contributed by atoms with Gasteiger partial charge in [0, 0.05) is 0 Å². The van der Waals surface area contributed by atoms with Crippen LogP contribution in [0.5, 0.6) is 0 Å². The lowest BCUT2D eigenvalue weighted by molar-refractivity contribution is 0.0695. The van der Waals surface area contributed by atoms with Crippen molar-refractivity contribution in [3.05, 3.63) is 33.9 Å². The van der Waals surface area contributed by atoms with E-state index in [1.807, 2.05) is 6.07 Å². The minimum Gasteiger partial charge on any atom is -0.478 e. The van der Waals surface area contributed by atoms with Crippen molar-refractivity contribution in [2.24, 2.45) is 0 Å². The first-order chi connectivity index (χ1) is 15.0. The van der Waals surface area contributed by atoms with Crippen molar-refractivity contribution in [2.45, 2.75) is 143 Å². The molecule has 0 aliphatic rings. The van der Waals surface area contributed by atoms with Gasteiger partial charge in [0.2, 0.25) is 0 Å². The van der Waals surface area contributed by atoms with Gasteiger partial charge in [-0.15, -0.1) is 0 Å². The van der Waals surface area contributed by atoms with E-state index in [1.54, 1.807) is 0 Å². The van der Waals surface area contributed by atoms with Crippen LogP contribution in [0.2, 0.25) is 0 Å². The van der Waals surface area contributed by atoms with Crippen molar-refractivity contribution >= 4 is 5.97 Å². The molecule has 1 aromatic carbocycles. The fourth-order valence-corrected chi connectivity index (χ4v) is 4.84. The minimum absolute atomic E-state index is 0. The SMILES string of the molecule is CCCCCCCCCCc1c(C)cc(C(=O)O)c(CCCCCCCCCC)c1C.N. The van der Waals surface area contributed by atoms with Crippen LogP contribution in [0.4, 0.5) is 0 Å². The van der Waals surface area contributed by atoms with E-state index in [9.17, 15) is 9.90 Å². The van der Waals surface area contributed by atoms with Crippen LogP contribution < -0.4 is 6.15 Å². The summed E-state index contributed by atoms with van der Waals surface area (Å²) in [5, 5.41) is 9.76. The van der Waals surface area contributed by atoms with Gasteiger partial charge in [0.15, 0.2) is 0 Å². The summed E-state index contributed by atoms with van der Waals surface area (Å²) in [7, 11) is 0. The number of unbranched alkanes of at least 4 members (excludes halogenated alkanes) is 14. The fraction of sp³-hybridized carbons (Fsp3) is 0.759. The molecule has 0 saturated heterocycles. The molecule has 0 heterocycles. The van der Waals surface area contributed by atoms with Crippen LogP contribution in [-0.2, 0) is 12.8 Å². The van der Waals surface area contributed by atoms with E-state index >= 15 is 0 Å². The maximum absolute atomic E-state index is 11.9. The maximum atomic E-state index is 11.9. The van der Waals surface area contributed by atoms with Crippen LogP contribution >= 0.6 is 0 Å². The summed E-state index contributed by atoms with van der Waals surface area (Å²) in [5.74, 6) is -0.764. The minimum atomic E-state index is -0.764. The van der Waals surface area contributed by atoms with E-state index in [0.717, 1.165) is 30.4 Å². The highest BCUT2D eigenvalue weighted by molar-refractivity contribution is 5.90. The van der Waals surface area contributed by atoms with Crippen LogP contribution in [0.1, 0.15) is 149 Å². The Morgan fingerprint density at radius 1 is 0.656 bits per heavy atom. The first kappa shape index (κ1) is 30.6. The lowest BCUT2D eigenvalue weighted by atomic mass is 9.87. The van der Waals surface area contributed by atoms with Gasteiger partial charge in [-0.1, -0.05) is 104 Å². The second-order valence-electron chi connectivity index (χ2n) is 9.58. The van der Waals surface area contributed by atoms with Gasteiger partial charge in [-0.3, -0.25) is 0 Å². The van der Waals surface area contributed by atoms with Crippen LogP contribution in [-0.4, -0.2) is 11.1 Å². The summed E-state index contributed by atoms with van der Waals surface area (Å²) >= 11 is 0. The predicted octanol–water partition coefficient (Wildman–Crippen LogP) is 9.53. The van der Waals surface area contributed by atoms with Gasteiger partial charge >= 0.3 is 5.97 Å². The Kier molecular flexibility index (Phi) is 18.3. The number of aryl methyl sites for hydroxylation is 1. The number of benzene rings is 1. The number of carboxylic acid groups (broad SMARTS) is 1. The summed E-state index contributed by atoms with van der Waals surface area (Å²) in [5.41, 5.74) is 5.46. The smallest absolute Gasteiger partial charge is 0.335 e. The monoisotopic (exact) mass is 447 g/mol. The normalized spacial score (nSPS) is 10.9. The molecule has 186 valence electrons. The van der Waals surface area contributed by atoms with E-state index in [2.05, 4.69) is 27.7 Å². The van der Waals surface area contributed by atoms with Crippen LogP contribution in [0.15, 0.2) is 6.07 Å². The quantitative estimate of drug-likeness (QED) is 0.207. The summed E-state index contributed by atoms with van der Waals surface area (Å²) in [4.78, 5) is 11.9. The molecular weight excluding hydrogens is 394 g/mol. The molecule has 3 heteroatoms. The van der Waals surface area contributed by atoms with E-state index in [4.69, 9.17) is 0 Å². The zero-order valence-corrected chi connectivity index (χ0v) is 21.9. The molecule has 1 rings (SSSR count). The number of aromatic carboxylic acids is 1. The van der Waals surface area contributed by atoms with Crippen LogP contribution in [0, 0.1) is 13.8 Å². The zero-order chi connectivity index (χ0) is 22.9. The topological polar surface area (TPSA) is 72.3 Å². The number of carboxylic acids is 1. The highest BCUT2D eigenvalue weighted by Gasteiger charge is 2.17. The summed E-state index contributed by atoms with van der Waals surface area (Å²) in [6.45, 7) is 8.79. The van der Waals surface area contributed by atoms with Gasteiger partial charge in [-0.2, -0.15) is 0 Å². The van der Waals surface area contributed by atoms with Gasteiger partial charge in [0.25, 0.3) is 0 Å². The average molecular weight is 448 g/mol. The molecular formula is C29H53NO2. The molecule has 0 spiro atoms. The van der Waals surface area contributed by atoms with Gasteiger partial charge in [0.05, 0.1) is 5.56 Å². The van der Waals surface area contributed by atoms with Crippen molar-refractivity contribution < 1.29 is 9.90 Å². The molecule has 0 bridgehead atoms. The van der Waals surface area contributed by atoms with Crippen molar-refractivity contribution in [2.75, 3.05) is 0 Å². The highest BCUT2D eigenvalue weighted by Crippen LogP contribution is 2.27. The van der Waals surface area contributed by atoms with E-state index < -0.39 is 5.97 Å². The number of rotatable bonds is 19. The van der Waals surface area contributed by atoms with Crippen molar-refractivity contribution in [1.29, 1.82) is 0 Å². The van der Waals surface area contributed by atoms with E-state index in [0.29, 0.717) is 5.56 Å². The standard InChI is InChI=1S/C29H50O2.H3N/c1-5-7-9-11-13-15-17-19-21-26-24(3)23-28(29(30)31)27(25(26)4)22-20-18-16-14-12-10-8-6-2;/h23H,5-22H2,1-4H3,(H,30,31);1H3. The van der Waals surface area contributed by atoms with Crippen molar-refractivity contribution in [3.63, 3.8) is 0 Å². The van der Waals surface area contributed by atoms with Crippen LogP contribution in [0.3, 0.4) is 0 Å². The number of hydrogen-bond acceptors (Lipinski definition) is 2. The lowest BCUT2D eigenvalue weighted by Gasteiger charge is -2.18. The van der Waals surface area contributed by atoms with Gasteiger partial charge in [-0.05, 0) is 67.9 Å². The molecule has 4 N–H and O–H groups in total. The molecule has 0 aromatic heterocycles. The highest BCUT2D eigenvalue weighted by atomic mass is 16.4. The molecule has 0 aliphatic heterocycles. The van der Waals surface area contributed by atoms with Gasteiger partial charge in [0.1, 0.15) is 0 Å². The number of carbonyl (C=O) groups is 1. The zero-order valence-electron chi connectivity index (χ0n) is 21.9. The molecule has 0 fully saturated rings. The third-order valence-corrected chi connectivity index (χ3v) is 6.86. The van der Waals surface area contributed by atoms with Crippen LogP contribution in [0.25, 0.3) is 0 Å². The second-order valence-corrected chi connectivity index (χ2v) is 9.58. The van der Waals surface area contributed by atoms with E-state index in [-0.39, 0.29) is 6.15 Å². The Labute approximate surface area is 199 Å². The Balaban J connectivity index is 0.00000961. The molecule has 0 unspecified atom stereocenters. The Bertz CT molecular complexity index is 624. The third-order valence-electron chi connectivity index (χ3n) is 6.86. The van der Waals surface area contributed by atoms with Gasteiger partial charge in [-0.25, -0.2) is 4.79 Å². The lowest BCUT2D eigenvalue weighted by Crippen LogP contribution is -2.09. The molecule has 0 aliphatic carbocycles. The molecule has 3 nitrogen and oxygen atoms in total. The average Bonchev–Trinajstić information content (AvgIpc) is 2.74. The predicted molar refractivity (Wildman–Crippen MR) is 141 cm³/mol. The molecule has 0 amide bonds. The molecule has 0 radical (unpaired) electrons. The Morgan fingerprint density at radius 2 is 1.03 bits per heavy atom. The molecule has 1 aromatic rings. The van der Waals surface area contributed by atoms with Crippen molar-refractivity contribution in [3.8, 4) is 0 Å². The summed E-state index contributed by atoms with van der Waals surface area (Å²) in [6, 6.07) is 1.94. The maximum Gasteiger partial charge on any atom is 0.335 e. The Morgan fingerprint density at radius 3 is 1.44 bits per heavy atom. The largest absolute Gasteiger partial charge is 0.478 e. The summed E-state index contributed by atoms with van der Waals surface area (Å²) in [6.07, 6.45) is 22.9. The first-order valence-corrected chi connectivity index (χ1v) is 13.4. The summed E-state index contributed by atoms with van der Waals surface area (Å²) < 4.78 is 0. The molecule has 0 atom stereocenters. The molecule has 32 heavy (non-hydrogen) atoms. The second kappa shape index (κ2) is 19.1. The Hall–Kier alpha value is -1.35.